The molecule has 3 nitrogen and oxygen atoms in total. The van der Waals surface area contributed by atoms with Crippen LogP contribution in [0.2, 0.25) is 0 Å². The van der Waals surface area contributed by atoms with E-state index in [1.807, 2.05) is 24.3 Å². The molecule has 4 heteroatoms. The SMILES string of the molecule is CC(Nc1cccc(NC(=O)C2CC2)c1)c1cccs1. The molecular weight excluding hydrogens is 268 g/mol. The van der Waals surface area contributed by atoms with Crippen molar-refractivity contribution >= 4 is 28.6 Å². The molecule has 0 radical (unpaired) electrons. The maximum absolute atomic E-state index is 11.8. The normalized spacial score (nSPS) is 15.7. The monoisotopic (exact) mass is 286 g/mol. The second kappa shape index (κ2) is 5.67. The van der Waals surface area contributed by atoms with E-state index in [9.17, 15) is 4.79 Å². The van der Waals surface area contributed by atoms with Gasteiger partial charge in [0.25, 0.3) is 0 Å². The largest absolute Gasteiger partial charge is 0.378 e. The maximum atomic E-state index is 11.8. The van der Waals surface area contributed by atoms with Gasteiger partial charge in [-0.1, -0.05) is 12.1 Å². The highest BCUT2D eigenvalue weighted by atomic mass is 32.1. The highest BCUT2D eigenvalue weighted by molar-refractivity contribution is 7.10. The van der Waals surface area contributed by atoms with Crippen molar-refractivity contribution < 1.29 is 4.79 Å². The molecule has 3 rings (SSSR count). The van der Waals surface area contributed by atoms with Crippen LogP contribution < -0.4 is 10.6 Å². The van der Waals surface area contributed by atoms with E-state index < -0.39 is 0 Å². The summed E-state index contributed by atoms with van der Waals surface area (Å²) >= 11 is 1.75. The van der Waals surface area contributed by atoms with E-state index in [0.717, 1.165) is 24.2 Å². The number of rotatable bonds is 5. The van der Waals surface area contributed by atoms with Crippen LogP contribution in [-0.2, 0) is 4.79 Å². The van der Waals surface area contributed by atoms with Gasteiger partial charge in [-0.3, -0.25) is 4.79 Å². The van der Waals surface area contributed by atoms with Crippen LogP contribution in [-0.4, -0.2) is 5.91 Å². The van der Waals surface area contributed by atoms with Crippen LogP contribution in [0.1, 0.15) is 30.7 Å². The van der Waals surface area contributed by atoms with Crippen molar-refractivity contribution in [2.45, 2.75) is 25.8 Å². The lowest BCUT2D eigenvalue weighted by molar-refractivity contribution is -0.117. The van der Waals surface area contributed by atoms with E-state index in [0.29, 0.717) is 0 Å². The lowest BCUT2D eigenvalue weighted by Crippen LogP contribution is -2.13. The Morgan fingerprint density at radius 2 is 2.05 bits per heavy atom. The fourth-order valence-electron chi connectivity index (χ4n) is 2.14. The molecule has 1 aromatic heterocycles. The quantitative estimate of drug-likeness (QED) is 0.861. The van der Waals surface area contributed by atoms with Crippen molar-refractivity contribution in [2.24, 2.45) is 5.92 Å². The first-order valence-corrected chi connectivity index (χ1v) is 7.81. The number of amides is 1. The molecule has 1 atom stereocenters. The lowest BCUT2D eigenvalue weighted by atomic mass is 10.2. The Bertz CT molecular complexity index is 590. The average Bonchev–Trinajstić information content (AvgIpc) is 3.14. The first-order chi connectivity index (χ1) is 9.72. The number of benzene rings is 1. The molecule has 0 bridgehead atoms. The first kappa shape index (κ1) is 13.2. The number of anilines is 2. The van der Waals surface area contributed by atoms with E-state index in [2.05, 4.69) is 35.1 Å². The Balaban J connectivity index is 1.66. The van der Waals surface area contributed by atoms with Crippen molar-refractivity contribution in [2.75, 3.05) is 10.6 Å². The number of nitrogens with one attached hydrogen (secondary N) is 2. The minimum Gasteiger partial charge on any atom is -0.378 e. The first-order valence-electron chi connectivity index (χ1n) is 6.93. The Morgan fingerprint density at radius 1 is 1.25 bits per heavy atom. The molecule has 1 aliphatic rings. The zero-order valence-corrected chi connectivity index (χ0v) is 12.2. The van der Waals surface area contributed by atoms with Crippen molar-refractivity contribution in [1.82, 2.24) is 0 Å². The molecule has 1 amide bonds. The van der Waals surface area contributed by atoms with Gasteiger partial charge in [0.2, 0.25) is 5.91 Å². The van der Waals surface area contributed by atoms with Crippen LogP contribution in [0.15, 0.2) is 41.8 Å². The predicted molar refractivity (Wildman–Crippen MR) is 84.2 cm³/mol. The molecule has 0 spiro atoms. The van der Waals surface area contributed by atoms with E-state index >= 15 is 0 Å². The van der Waals surface area contributed by atoms with E-state index in [4.69, 9.17) is 0 Å². The number of thiophene rings is 1. The molecule has 0 aliphatic heterocycles. The van der Waals surface area contributed by atoms with Crippen molar-refractivity contribution in [1.29, 1.82) is 0 Å². The Labute approximate surface area is 123 Å². The zero-order valence-electron chi connectivity index (χ0n) is 11.4. The van der Waals surface area contributed by atoms with Gasteiger partial charge in [0.05, 0.1) is 6.04 Å². The van der Waals surface area contributed by atoms with Gasteiger partial charge in [-0.15, -0.1) is 11.3 Å². The standard InChI is InChI=1S/C16H18N2OS/c1-11(15-6-3-9-20-15)17-13-4-2-5-14(10-13)18-16(19)12-7-8-12/h2-6,9-12,17H,7-8H2,1H3,(H,18,19). The van der Waals surface area contributed by atoms with E-state index in [1.54, 1.807) is 11.3 Å². The minimum atomic E-state index is 0.147. The molecule has 1 heterocycles. The third-order valence-electron chi connectivity index (χ3n) is 3.43. The number of hydrogen-bond acceptors (Lipinski definition) is 3. The summed E-state index contributed by atoms with van der Waals surface area (Å²) in [7, 11) is 0. The summed E-state index contributed by atoms with van der Waals surface area (Å²) in [6.07, 6.45) is 2.05. The van der Waals surface area contributed by atoms with Crippen LogP contribution in [0.5, 0.6) is 0 Å². The summed E-state index contributed by atoms with van der Waals surface area (Å²) in [6, 6.07) is 12.4. The maximum Gasteiger partial charge on any atom is 0.227 e. The summed E-state index contributed by atoms with van der Waals surface area (Å²) in [5.41, 5.74) is 1.89. The molecular formula is C16H18N2OS. The molecule has 20 heavy (non-hydrogen) atoms. The van der Waals surface area contributed by atoms with Gasteiger partial charge in [-0.05, 0) is 49.4 Å². The smallest absolute Gasteiger partial charge is 0.227 e. The van der Waals surface area contributed by atoms with Crippen LogP contribution in [0.4, 0.5) is 11.4 Å². The Kier molecular flexibility index (Phi) is 3.74. The zero-order chi connectivity index (χ0) is 13.9. The molecule has 2 aromatic rings. The summed E-state index contributed by atoms with van der Waals surface area (Å²) in [4.78, 5) is 13.1. The van der Waals surface area contributed by atoms with E-state index in [-0.39, 0.29) is 17.9 Å². The fraction of sp³-hybridized carbons (Fsp3) is 0.312. The van der Waals surface area contributed by atoms with Crippen LogP contribution in [0.25, 0.3) is 0 Å². The Hall–Kier alpha value is -1.81. The minimum absolute atomic E-state index is 0.147. The van der Waals surface area contributed by atoms with Crippen molar-refractivity contribution in [3.8, 4) is 0 Å². The van der Waals surface area contributed by atoms with E-state index in [1.165, 1.54) is 4.88 Å². The van der Waals surface area contributed by atoms with Crippen LogP contribution >= 0.6 is 11.3 Å². The summed E-state index contributed by atoms with van der Waals surface area (Å²) in [5.74, 6) is 0.380. The highest BCUT2D eigenvalue weighted by Crippen LogP contribution is 2.31. The summed E-state index contributed by atoms with van der Waals surface area (Å²) in [6.45, 7) is 2.14. The van der Waals surface area contributed by atoms with Gasteiger partial charge in [0.1, 0.15) is 0 Å². The van der Waals surface area contributed by atoms with Crippen LogP contribution in [0, 0.1) is 5.92 Å². The third kappa shape index (κ3) is 3.20. The van der Waals surface area contributed by atoms with Crippen molar-refractivity contribution in [3.05, 3.63) is 46.7 Å². The number of hydrogen-bond donors (Lipinski definition) is 2. The molecule has 1 unspecified atom stereocenters. The second-order valence-corrected chi connectivity index (χ2v) is 6.21. The predicted octanol–water partition coefficient (Wildman–Crippen LogP) is 4.27. The van der Waals surface area contributed by atoms with Gasteiger partial charge in [-0.2, -0.15) is 0 Å². The number of carbonyl (C=O) groups excluding carboxylic acids is 1. The highest BCUT2D eigenvalue weighted by Gasteiger charge is 2.29. The van der Waals surface area contributed by atoms with Gasteiger partial charge in [0, 0.05) is 22.2 Å². The van der Waals surface area contributed by atoms with Gasteiger partial charge < -0.3 is 10.6 Å². The van der Waals surface area contributed by atoms with Crippen molar-refractivity contribution in [3.63, 3.8) is 0 Å². The van der Waals surface area contributed by atoms with Crippen LogP contribution in [0.3, 0.4) is 0 Å². The topological polar surface area (TPSA) is 41.1 Å². The number of carbonyl (C=O) groups is 1. The molecule has 1 aromatic carbocycles. The molecule has 104 valence electrons. The third-order valence-corrected chi connectivity index (χ3v) is 4.49. The molecule has 1 fully saturated rings. The van der Waals surface area contributed by atoms with Gasteiger partial charge in [0.15, 0.2) is 0 Å². The van der Waals surface area contributed by atoms with Gasteiger partial charge >= 0.3 is 0 Å². The molecule has 2 N–H and O–H groups in total. The average molecular weight is 286 g/mol. The summed E-state index contributed by atoms with van der Waals surface area (Å²) < 4.78 is 0. The molecule has 0 saturated heterocycles. The van der Waals surface area contributed by atoms with Gasteiger partial charge in [-0.25, -0.2) is 0 Å². The summed E-state index contributed by atoms with van der Waals surface area (Å²) in [5, 5.41) is 8.52. The lowest BCUT2D eigenvalue weighted by Gasteiger charge is -2.14. The molecule has 1 saturated carbocycles. The Morgan fingerprint density at radius 3 is 2.75 bits per heavy atom. The molecule has 1 aliphatic carbocycles. The second-order valence-electron chi connectivity index (χ2n) is 5.23. The fourth-order valence-corrected chi connectivity index (χ4v) is 2.87.